The van der Waals surface area contributed by atoms with Crippen molar-refractivity contribution in [1.82, 2.24) is 24.9 Å². The van der Waals surface area contributed by atoms with Gasteiger partial charge in [0.2, 0.25) is 5.71 Å². The van der Waals surface area contributed by atoms with E-state index in [1.54, 1.807) is 19.5 Å². The monoisotopic (exact) mass is 388 g/mol. The number of H-pyrrole nitrogens is 1. The summed E-state index contributed by atoms with van der Waals surface area (Å²) >= 11 is 0. The number of hydrogen-bond acceptors (Lipinski definition) is 7. The Bertz CT molecular complexity index is 1310. The third kappa shape index (κ3) is 2.89. The van der Waals surface area contributed by atoms with E-state index in [0.717, 1.165) is 39.9 Å². The molecular weight excluding hydrogens is 368 g/mol. The molecule has 0 fully saturated rings. The zero-order valence-corrected chi connectivity index (χ0v) is 16.2. The van der Waals surface area contributed by atoms with E-state index in [4.69, 9.17) is 19.1 Å². The molecule has 0 aliphatic carbocycles. The second-order valence-corrected chi connectivity index (χ2v) is 6.68. The molecule has 29 heavy (non-hydrogen) atoms. The van der Waals surface area contributed by atoms with Gasteiger partial charge in [-0.2, -0.15) is 0 Å². The number of pyridine rings is 2. The number of anilines is 1. The average molecular weight is 388 g/mol. The number of methoxy groups -OCH3 is 1. The highest BCUT2D eigenvalue weighted by Gasteiger charge is 2.21. The normalized spacial score (nSPS) is 11.7. The van der Waals surface area contributed by atoms with E-state index in [1.165, 1.54) is 0 Å². The van der Waals surface area contributed by atoms with Crippen LogP contribution in [0.1, 0.15) is 6.92 Å². The zero-order valence-electron chi connectivity index (χ0n) is 16.2. The number of likely N-dealkylation sites (N-methyl/N-ethyl adjacent to an activating group) is 1. The summed E-state index contributed by atoms with van der Waals surface area (Å²) in [5.41, 5.74) is 3.67. The number of hydrogen-bond donors (Lipinski definition) is 1. The third-order valence-corrected chi connectivity index (χ3v) is 5.02. The molecule has 1 N–H and O–H groups in total. The summed E-state index contributed by atoms with van der Waals surface area (Å²) < 4.78 is 11.4. The molecule has 0 aliphatic rings. The summed E-state index contributed by atoms with van der Waals surface area (Å²) in [6, 6.07) is 7.78. The maximum atomic E-state index is 6.07. The summed E-state index contributed by atoms with van der Waals surface area (Å²) in [5, 5.41) is 1.85. The lowest BCUT2D eigenvalue weighted by Gasteiger charge is -2.22. The number of rotatable bonds is 6. The highest BCUT2D eigenvalue weighted by Crippen LogP contribution is 2.35. The molecule has 0 saturated carbocycles. The van der Waals surface area contributed by atoms with Crippen LogP contribution in [0.15, 0.2) is 47.3 Å². The predicted octanol–water partition coefficient (Wildman–Crippen LogP) is 3.79. The molecule has 0 radical (unpaired) electrons. The molecule has 0 bridgehead atoms. The Hall–Kier alpha value is -3.52. The Morgan fingerprint density at radius 3 is 2.90 bits per heavy atom. The van der Waals surface area contributed by atoms with E-state index in [0.29, 0.717) is 30.3 Å². The quantitative estimate of drug-likeness (QED) is 0.473. The van der Waals surface area contributed by atoms with Crippen molar-refractivity contribution in [2.75, 3.05) is 31.7 Å². The predicted molar refractivity (Wildman–Crippen MR) is 112 cm³/mol. The zero-order chi connectivity index (χ0) is 19.8. The van der Waals surface area contributed by atoms with Crippen molar-refractivity contribution in [3.63, 3.8) is 0 Å². The molecule has 0 saturated heterocycles. The van der Waals surface area contributed by atoms with Crippen LogP contribution in [0.25, 0.3) is 44.6 Å². The van der Waals surface area contributed by atoms with Crippen molar-refractivity contribution < 1.29 is 9.15 Å². The molecule has 146 valence electrons. The third-order valence-electron chi connectivity index (χ3n) is 5.02. The van der Waals surface area contributed by atoms with Gasteiger partial charge in [0.15, 0.2) is 17.2 Å². The van der Waals surface area contributed by atoms with E-state index in [2.05, 4.69) is 26.8 Å². The molecule has 8 nitrogen and oxygen atoms in total. The first-order chi connectivity index (χ1) is 14.3. The summed E-state index contributed by atoms with van der Waals surface area (Å²) in [6.07, 6.45) is 5.35. The van der Waals surface area contributed by atoms with Crippen LogP contribution >= 0.6 is 0 Å². The number of fused-ring (bicyclic) bond motifs is 4. The van der Waals surface area contributed by atoms with Gasteiger partial charge in [-0.05, 0) is 31.2 Å². The molecule has 0 spiro atoms. The number of nitrogens with one attached hydrogen (secondary N) is 1. The molecule has 5 rings (SSSR count). The molecule has 0 aliphatic heterocycles. The molecule has 5 aromatic rings. The van der Waals surface area contributed by atoms with E-state index in [9.17, 15) is 0 Å². The minimum absolute atomic E-state index is 0.555. The van der Waals surface area contributed by atoms with Crippen LogP contribution in [-0.4, -0.2) is 51.7 Å². The van der Waals surface area contributed by atoms with Gasteiger partial charge in [-0.1, -0.05) is 0 Å². The van der Waals surface area contributed by atoms with Crippen molar-refractivity contribution in [2.24, 2.45) is 0 Å². The first-order valence-electron chi connectivity index (χ1n) is 9.51. The van der Waals surface area contributed by atoms with Crippen molar-refractivity contribution in [3.05, 3.63) is 42.9 Å². The number of ether oxygens (including phenoxy) is 1. The summed E-state index contributed by atoms with van der Waals surface area (Å²) in [4.78, 5) is 23.8. The molecule has 8 heteroatoms. The second-order valence-electron chi connectivity index (χ2n) is 6.68. The van der Waals surface area contributed by atoms with Crippen molar-refractivity contribution in [1.29, 1.82) is 0 Å². The Labute approximate surface area is 166 Å². The molecule has 0 atom stereocenters. The van der Waals surface area contributed by atoms with E-state index >= 15 is 0 Å². The smallest absolute Gasteiger partial charge is 0.229 e. The standard InChI is InChI=1S/C21H20N6O2/c1-3-27(11-12-28-2)20-17-16(15-5-4-8-24-21(15)29-17)25-19(26-20)14-7-10-23-18-13(14)6-9-22-18/h4-10H,3,11-12H2,1-2H3,(H,22,23). The van der Waals surface area contributed by atoms with Gasteiger partial charge in [0, 0.05) is 49.7 Å². The minimum Gasteiger partial charge on any atom is -0.432 e. The fourth-order valence-electron chi connectivity index (χ4n) is 3.57. The van der Waals surface area contributed by atoms with Crippen molar-refractivity contribution in [3.8, 4) is 11.4 Å². The van der Waals surface area contributed by atoms with E-state index < -0.39 is 0 Å². The van der Waals surface area contributed by atoms with Crippen molar-refractivity contribution in [2.45, 2.75) is 6.92 Å². The number of aromatic nitrogens is 5. The van der Waals surface area contributed by atoms with Gasteiger partial charge in [0.25, 0.3) is 0 Å². The first kappa shape index (κ1) is 17.6. The number of aromatic amines is 1. The van der Waals surface area contributed by atoms with E-state index in [-0.39, 0.29) is 0 Å². The molecule has 0 aromatic carbocycles. The fourth-order valence-corrected chi connectivity index (χ4v) is 3.57. The highest BCUT2D eigenvalue weighted by molar-refractivity contribution is 6.05. The summed E-state index contributed by atoms with van der Waals surface area (Å²) in [5.74, 6) is 1.37. The Morgan fingerprint density at radius 1 is 1.10 bits per heavy atom. The molecular formula is C21H20N6O2. The molecule has 5 heterocycles. The van der Waals surface area contributed by atoms with Gasteiger partial charge >= 0.3 is 0 Å². The number of furan rings is 1. The molecule has 0 unspecified atom stereocenters. The van der Waals surface area contributed by atoms with E-state index in [1.807, 2.05) is 30.5 Å². The van der Waals surface area contributed by atoms with Gasteiger partial charge < -0.3 is 19.0 Å². The molecule has 0 amide bonds. The Kier molecular flexibility index (Phi) is 4.33. The minimum atomic E-state index is 0.555. The Balaban J connectivity index is 1.81. The fraction of sp³-hybridized carbons (Fsp3) is 0.238. The lowest BCUT2D eigenvalue weighted by atomic mass is 10.1. The van der Waals surface area contributed by atoms with Gasteiger partial charge in [-0.3, -0.25) is 0 Å². The topological polar surface area (TPSA) is 93.0 Å². The lowest BCUT2D eigenvalue weighted by Crippen LogP contribution is -2.28. The van der Waals surface area contributed by atoms with Crippen LogP contribution in [-0.2, 0) is 4.74 Å². The van der Waals surface area contributed by atoms with Crippen LogP contribution in [0.2, 0.25) is 0 Å². The van der Waals surface area contributed by atoms with Gasteiger partial charge in [-0.15, -0.1) is 0 Å². The largest absolute Gasteiger partial charge is 0.432 e. The van der Waals surface area contributed by atoms with Gasteiger partial charge in [-0.25, -0.2) is 19.9 Å². The van der Waals surface area contributed by atoms with Gasteiger partial charge in [0.1, 0.15) is 11.2 Å². The average Bonchev–Trinajstić information content (AvgIpc) is 3.38. The van der Waals surface area contributed by atoms with Crippen LogP contribution in [0, 0.1) is 0 Å². The second kappa shape index (κ2) is 7.14. The highest BCUT2D eigenvalue weighted by atomic mass is 16.5. The maximum absolute atomic E-state index is 6.07. The van der Waals surface area contributed by atoms with Crippen LogP contribution in [0.3, 0.4) is 0 Å². The Morgan fingerprint density at radius 2 is 2.03 bits per heavy atom. The van der Waals surface area contributed by atoms with Crippen LogP contribution < -0.4 is 4.90 Å². The summed E-state index contributed by atoms with van der Waals surface area (Å²) in [6.45, 7) is 4.12. The van der Waals surface area contributed by atoms with Crippen LogP contribution in [0.5, 0.6) is 0 Å². The van der Waals surface area contributed by atoms with Crippen molar-refractivity contribution >= 4 is 39.1 Å². The number of nitrogens with zero attached hydrogens (tertiary/aromatic N) is 5. The summed E-state index contributed by atoms with van der Waals surface area (Å²) in [7, 11) is 1.69. The van der Waals surface area contributed by atoms with Gasteiger partial charge in [0.05, 0.1) is 12.0 Å². The SMILES string of the molecule is CCN(CCOC)c1nc(-c2ccnc3[nH]ccc23)nc2c1oc1ncccc12. The molecule has 5 aromatic heterocycles. The lowest BCUT2D eigenvalue weighted by molar-refractivity contribution is 0.205. The van der Waals surface area contributed by atoms with Crippen LogP contribution in [0.4, 0.5) is 5.82 Å². The first-order valence-corrected chi connectivity index (χ1v) is 9.51. The maximum Gasteiger partial charge on any atom is 0.229 e.